The average Bonchev–Trinajstić information content (AvgIpc) is 2.09. The maximum absolute atomic E-state index is 9.65. The first-order valence-electron chi connectivity index (χ1n) is 5.00. The number of nitrogens with zero attached hydrogens (tertiary/aromatic N) is 1. The van der Waals surface area contributed by atoms with Crippen molar-refractivity contribution in [1.82, 2.24) is 4.90 Å². The molecule has 0 aromatic carbocycles. The predicted molar refractivity (Wildman–Crippen MR) is 56.2 cm³/mol. The third kappa shape index (κ3) is 3.84. The van der Waals surface area contributed by atoms with Gasteiger partial charge >= 0.3 is 0 Å². The molecule has 0 bridgehead atoms. The molecule has 3 heteroatoms. The Hall–Kier alpha value is 0.210. The maximum atomic E-state index is 9.65. The van der Waals surface area contributed by atoms with Crippen molar-refractivity contribution in [2.45, 2.75) is 32.8 Å². The zero-order valence-corrected chi connectivity index (χ0v) is 9.35. The highest BCUT2D eigenvalue weighted by atomic mass is 35.5. The minimum atomic E-state index is -0.129. The molecule has 13 heavy (non-hydrogen) atoms. The molecule has 2 nitrogen and oxygen atoms in total. The normalized spacial score (nSPS) is 30.0. The molecule has 1 atom stereocenters. The van der Waals surface area contributed by atoms with Gasteiger partial charge < -0.3 is 10.0 Å². The quantitative estimate of drug-likeness (QED) is 0.694. The van der Waals surface area contributed by atoms with Gasteiger partial charge in [-0.3, -0.25) is 0 Å². The first-order chi connectivity index (χ1) is 6.03. The molecule has 78 valence electrons. The summed E-state index contributed by atoms with van der Waals surface area (Å²) >= 11 is 5.71. The Bertz CT molecular complexity index is 161. The lowest BCUT2D eigenvalue weighted by Crippen LogP contribution is -2.34. The van der Waals surface area contributed by atoms with E-state index < -0.39 is 0 Å². The van der Waals surface area contributed by atoms with Crippen LogP contribution in [0.1, 0.15) is 26.7 Å². The third-order valence-electron chi connectivity index (χ3n) is 2.62. The van der Waals surface area contributed by atoms with Gasteiger partial charge in [0.25, 0.3) is 0 Å². The lowest BCUT2D eigenvalue weighted by atomic mass is 9.87. The number of halogens is 1. The van der Waals surface area contributed by atoms with E-state index >= 15 is 0 Å². The molecule has 0 aliphatic carbocycles. The van der Waals surface area contributed by atoms with E-state index in [0.29, 0.717) is 5.88 Å². The van der Waals surface area contributed by atoms with E-state index in [1.165, 1.54) is 0 Å². The van der Waals surface area contributed by atoms with Gasteiger partial charge in [-0.1, -0.05) is 13.8 Å². The van der Waals surface area contributed by atoms with Gasteiger partial charge in [0.15, 0.2) is 0 Å². The molecule has 1 N–H and O–H groups in total. The van der Waals surface area contributed by atoms with Crippen LogP contribution in [0, 0.1) is 5.41 Å². The first kappa shape index (κ1) is 11.3. The fourth-order valence-electron chi connectivity index (χ4n) is 2.13. The molecule has 0 aromatic heterocycles. The van der Waals surface area contributed by atoms with E-state index in [0.717, 1.165) is 32.5 Å². The van der Waals surface area contributed by atoms with Gasteiger partial charge in [0.1, 0.15) is 0 Å². The number of aliphatic hydroxyl groups is 1. The largest absolute Gasteiger partial charge is 0.393 e. The summed E-state index contributed by atoms with van der Waals surface area (Å²) in [5.41, 5.74) is 0.224. The highest BCUT2D eigenvalue weighted by Crippen LogP contribution is 2.28. The molecule has 1 saturated heterocycles. The molecule has 1 rings (SSSR count). The number of hydrogen-bond acceptors (Lipinski definition) is 2. The lowest BCUT2D eigenvalue weighted by molar-refractivity contribution is 0.121. The molecule has 0 saturated carbocycles. The van der Waals surface area contributed by atoms with Crippen molar-refractivity contribution in [1.29, 1.82) is 0 Å². The van der Waals surface area contributed by atoms with Gasteiger partial charge in [-0.05, 0) is 18.3 Å². The third-order valence-corrected chi connectivity index (χ3v) is 2.79. The van der Waals surface area contributed by atoms with Crippen LogP contribution in [0.15, 0.2) is 0 Å². The van der Waals surface area contributed by atoms with Gasteiger partial charge in [0.05, 0.1) is 6.10 Å². The van der Waals surface area contributed by atoms with Crippen LogP contribution in [0.5, 0.6) is 0 Å². The molecule has 1 unspecified atom stereocenters. The predicted octanol–water partition coefficient (Wildman–Crippen LogP) is 1.71. The number of alkyl halides is 1. The smallest absolute Gasteiger partial charge is 0.0558 e. The average molecular weight is 206 g/mol. The Morgan fingerprint density at radius 2 is 2.23 bits per heavy atom. The van der Waals surface area contributed by atoms with Crippen LogP contribution in [0.4, 0.5) is 0 Å². The fourth-order valence-corrected chi connectivity index (χ4v) is 2.37. The molecule has 1 aliphatic heterocycles. The maximum Gasteiger partial charge on any atom is 0.0558 e. The van der Waals surface area contributed by atoms with Gasteiger partial charge in [0, 0.05) is 25.5 Å². The minimum absolute atomic E-state index is 0.129. The van der Waals surface area contributed by atoms with Gasteiger partial charge in [-0.15, -0.1) is 11.6 Å². The Morgan fingerprint density at radius 1 is 1.54 bits per heavy atom. The van der Waals surface area contributed by atoms with Crippen molar-refractivity contribution < 1.29 is 5.11 Å². The van der Waals surface area contributed by atoms with Crippen LogP contribution in [0.3, 0.4) is 0 Å². The summed E-state index contributed by atoms with van der Waals surface area (Å²) in [4.78, 5) is 2.35. The van der Waals surface area contributed by atoms with Crippen molar-refractivity contribution in [2.24, 2.45) is 5.41 Å². The Morgan fingerprint density at radius 3 is 2.85 bits per heavy atom. The van der Waals surface area contributed by atoms with E-state index in [1.807, 2.05) is 0 Å². The number of aliphatic hydroxyl groups excluding tert-OH is 1. The summed E-state index contributed by atoms with van der Waals surface area (Å²) in [6, 6.07) is 0. The van der Waals surface area contributed by atoms with Crippen molar-refractivity contribution in [3.8, 4) is 0 Å². The molecule has 0 aromatic rings. The van der Waals surface area contributed by atoms with E-state index in [9.17, 15) is 5.11 Å². The van der Waals surface area contributed by atoms with Crippen molar-refractivity contribution >= 4 is 11.6 Å². The van der Waals surface area contributed by atoms with Crippen molar-refractivity contribution in [3.05, 3.63) is 0 Å². The molecular weight excluding hydrogens is 186 g/mol. The van der Waals surface area contributed by atoms with E-state index in [1.54, 1.807) is 0 Å². The summed E-state index contributed by atoms with van der Waals surface area (Å²) in [7, 11) is 0. The van der Waals surface area contributed by atoms with E-state index in [4.69, 9.17) is 11.6 Å². The summed E-state index contributed by atoms with van der Waals surface area (Å²) < 4.78 is 0. The lowest BCUT2D eigenvalue weighted by Gasteiger charge is -2.29. The number of hydrogen-bond donors (Lipinski definition) is 1. The van der Waals surface area contributed by atoms with Crippen molar-refractivity contribution in [3.63, 3.8) is 0 Å². The van der Waals surface area contributed by atoms with Crippen LogP contribution in [-0.4, -0.2) is 41.6 Å². The SMILES string of the molecule is CC1(C)CC(O)CCN(CCCl)C1. The van der Waals surface area contributed by atoms with E-state index in [-0.39, 0.29) is 11.5 Å². The molecule has 1 fully saturated rings. The second-order valence-electron chi connectivity index (χ2n) is 4.78. The monoisotopic (exact) mass is 205 g/mol. The second kappa shape index (κ2) is 4.63. The first-order valence-corrected chi connectivity index (χ1v) is 5.53. The molecule has 0 radical (unpaired) electrons. The van der Waals surface area contributed by atoms with Gasteiger partial charge in [-0.25, -0.2) is 0 Å². The topological polar surface area (TPSA) is 23.5 Å². The van der Waals surface area contributed by atoms with Crippen LogP contribution in [0.2, 0.25) is 0 Å². The van der Waals surface area contributed by atoms with Crippen LogP contribution in [0.25, 0.3) is 0 Å². The van der Waals surface area contributed by atoms with Crippen LogP contribution >= 0.6 is 11.6 Å². The molecule has 0 amide bonds. The number of rotatable bonds is 2. The Balaban J connectivity index is 2.52. The Labute approximate surface area is 85.9 Å². The van der Waals surface area contributed by atoms with E-state index in [2.05, 4.69) is 18.7 Å². The highest BCUT2D eigenvalue weighted by molar-refractivity contribution is 6.18. The van der Waals surface area contributed by atoms with Gasteiger partial charge in [-0.2, -0.15) is 0 Å². The minimum Gasteiger partial charge on any atom is -0.393 e. The standard InChI is InChI=1S/C10H20ClNO/c1-10(2)7-9(13)3-5-12(8-10)6-4-11/h9,13H,3-8H2,1-2H3. The molecule has 1 heterocycles. The molecule has 1 aliphatic rings. The fraction of sp³-hybridized carbons (Fsp3) is 1.00. The summed E-state index contributed by atoms with van der Waals surface area (Å²) in [5, 5.41) is 9.65. The van der Waals surface area contributed by atoms with Crippen LogP contribution in [-0.2, 0) is 0 Å². The molecule has 0 spiro atoms. The highest BCUT2D eigenvalue weighted by Gasteiger charge is 2.28. The summed E-state index contributed by atoms with van der Waals surface area (Å²) in [5.74, 6) is 0.687. The summed E-state index contributed by atoms with van der Waals surface area (Å²) in [6.45, 7) is 7.40. The zero-order valence-electron chi connectivity index (χ0n) is 8.59. The Kier molecular flexibility index (Phi) is 4.02. The molecular formula is C10H20ClNO. The van der Waals surface area contributed by atoms with Crippen molar-refractivity contribution in [2.75, 3.05) is 25.5 Å². The van der Waals surface area contributed by atoms with Gasteiger partial charge in [0.2, 0.25) is 0 Å². The number of likely N-dealkylation sites (tertiary alicyclic amines) is 1. The zero-order chi connectivity index (χ0) is 9.90. The summed E-state index contributed by atoms with van der Waals surface area (Å²) in [6.07, 6.45) is 1.67. The van der Waals surface area contributed by atoms with Crippen LogP contribution < -0.4 is 0 Å². The second-order valence-corrected chi connectivity index (χ2v) is 5.15.